The summed E-state index contributed by atoms with van der Waals surface area (Å²) in [5, 5.41) is 0. The van der Waals surface area contributed by atoms with E-state index in [1.165, 1.54) is 77.0 Å². The van der Waals surface area contributed by atoms with E-state index in [0.717, 1.165) is 57.8 Å². The molecule has 318 valence electrons. The Morgan fingerprint density at radius 3 is 1.20 bits per heavy atom. The van der Waals surface area contributed by atoms with Gasteiger partial charge >= 0.3 is 17.9 Å². The molecule has 0 bridgehead atoms. The number of carbonyl (C=O) groups excluding carboxylic acids is 3. The van der Waals surface area contributed by atoms with Crippen LogP contribution in [-0.2, 0) is 28.6 Å². The molecule has 0 saturated heterocycles. The van der Waals surface area contributed by atoms with E-state index >= 15 is 0 Å². The fraction of sp³-hybridized carbons (Fsp3) is 0.660. The van der Waals surface area contributed by atoms with Gasteiger partial charge in [0.1, 0.15) is 13.2 Å². The Hall–Kier alpha value is -3.41. The van der Waals surface area contributed by atoms with Crippen LogP contribution in [0, 0.1) is 0 Å². The number of esters is 3. The molecule has 6 heteroatoms. The summed E-state index contributed by atoms with van der Waals surface area (Å²) in [6, 6.07) is 0. The van der Waals surface area contributed by atoms with E-state index in [1.807, 2.05) is 12.2 Å². The molecule has 0 heterocycles. The molecule has 0 amide bonds. The van der Waals surface area contributed by atoms with Crippen molar-refractivity contribution in [2.45, 2.75) is 200 Å². The van der Waals surface area contributed by atoms with Gasteiger partial charge in [0.2, 0.25) is 0 Å². The average molecular weight is 779 g/mol. The summed E-state index contributed by atoms with van der Waals surface area (Å²) in [5.74, 6) is -1.12. The van der Waals surface area contributed by atoms with Gasteiger partial charge in [0, 0.05) is 19.3 Å². The Labute approximate surface area is 344 Å². The fourth-order valence-corrected chi connectivity index (χ4v) is 5.74. The predicted octanol–water partition coefficient (Wildman–Crippen LogP) is 14.5. The van der Waals surface area contributed by atoms with Gasteiger partial charge in [-0.3, -0.25) is 14.4 Å². The minimum absolute atomic E-state index is 0.137. The van der Waals surface area contributed by atoms with Crippen molar-refractivity contribution in [3.63, 3.8) is 0 Å². The number of unbranched alkanes of at least 4 members (excludes halogenated alkanes) is 14. The quantitative estimate of drug-likeness (QED) is 0.0268. The Balaban J connectivity index is 4.60. The topological polar surface area (TPSA) is 78.9 Å². The zero-order chi connectivity index (χ0) is 40.8. The van der Waals surface area contributed by atoms with Crippen LogP contribution >= 0.6 is 0 Å². The van der Waals surface area contributed by atoms with Crippen molar-refractivity contribution in [2.24, 2.45) is 0 Å². The Kier molecular flexibility index (Phi) is 41.6. The molecular weight excluding hydrogens is 697 g/mol. The van der Waals surface area contributed by atoms with Crippen LogP contribution in [0.5, 0.6) is 0 Å². The van der Waals surface area contributed by atoms with Crippen molar-refractivity contribution in [1.29, 1.82) is 0 Å². The van der Waals surface area contributed by atoms with E-state index < -0.39 is 12.1 Å². The standard InChI is InChI=1S/C50H82O6/c1-4-7-10-13-16-19-22-25-28-31-34-37-40-43-49(52)55-46-47(45-54-48(51)42-39-36-33-30-27-24-21-18-15-12-9-6-3)56-50(53)44-41-38-35-32-29-26-23-20-17-14-11-8-5-2/h9,12,18,21,25-30,34-35,37-38,47H,4-8,10-11,13-17,19-20,22-24,31-33,36,39-46H2,1-3H3/b12-9-,21-18-,28-25-,29-26-,30-27-,37-34-,38-35-. The normalized spacial score (nSPS) is 12.8. The van der Waals surface area contributed by atoms with Crippen LogP contribution in [0.15, 0.2) is 85.1 Å². The molecular formula is C50H82O6. The molecule has 0 aromatic rings. The first kappa shape index (κ1) is 52.6. The summed E-state index contributed by atoms with van der Waals surface area (Å²) >= 11 is 0. The zero-order valence-electron chi connectivity index (χ0n) is 36.1. The van der Waals surface area contributed by atoms with Gasteiger partial charge in [-0.1, -0.05) is 170 Å². The largest absolute Gasteiger partial charge is 0.462 e. The van der Waals surface area contributed by atoms with Crippen molar-refractivity contribution in [3.8, 4) is 0 Å². The minimum atomic E-state index is -0.843. The monoisotopic (exact) mass is 779 g/mol. The smallest absolute Gasteiger partial charge is 0.306 e. The SMILES string of the molecule is CC/C=C\C/C=C\C/C=C\CCCCC(=O)OCC(COC(=O)CC/C=C\C/C=C\CCCCCCCC)OC(=O)CC/C=C\C/C=C\CCCCCCCC. The molecule has 56 heavy (non-hydrogen) atoms. The van der Waals surface area contributed by atoms with Gasteiger partial charge in [-0.05, 0) is 89.9 Å². The summed E-state index contributed by atoms with van der Waals surface area (Å²) in [6.45, 7) is 6.33. The molecule has 6 nitrogen and oxygen atoms in total. The highest BCUT2D eigenvalue weighted by atomic mass is 16.6. The molecule has 0 aliphatic rings. The number of hydrogen-bond acceptors (Lipinski definition) is 6. The molecule has 0 aliphatic heterocycles. The third-order valence-corrected chi connectivity index (χ3v) is 9.13. The van der Waals surface area contributed by atoms with E-state index in [0.29, 0.717) is 19.3 Å². The van der Waals surface area contributed by atoms with Gasteiger partial charge in [-0.15, -0.1) is 0 Å². The third-order valence-electron chi connectivity index (χ3n) is 9.13. The number of hydrogen-bond donors (Lipinski definition) is 0. The predicted molar refractivity (Wildman–Crippen MR) is 237 cm³/mol. The second kappa shape index (κ2) is 44.3. The molecule has 0 aromatic carbocycles. The second-order valence-corrected chi connectivity index (χ2v) is 14.6. The number of allylic oxidation sites excluding steroid dienone is 14. The highest BCUT2D eigenvalue weighted by molar-refractivity contribution is 5.71. The molecule has 0 saturated carbocycles. The van der Waals surface area contributed by atoms with Crippen LogP contribution in [0.4, 0.5) is 0 Å². The Morgan fingerprint density at radius 1 is 0.375 bits per heavy atom. The minimum Gasteiger partial charge on any atom is -0.462 e. The second-order valence-electron chi connectivity index (χ2n) is 14.6. The molecule has 1 atom stereocenters. The van der Waals surface area contributed by atoms with Crippen molar-refractivity contribution in [2.75, 3.05) is 13.2 Å². The molecule has 0 radical (unpaired) electrons. The summed E-state index contributed by atoms with van der Waals surface area (Å²) < 4.78 is 16.5. The first-order valence-electron chi connectivity index (χ1n) is 22.6. The first-order chi connectivity index (χ1) is 27.5. The van der Waals surface area contributed by atoms with E-state index in [4.69, 9.17) is 14.2 Å². The van der Waals surface area contributed by atoms with Crippen LogP contribution < -0.4 is 0 Å². The highest BCUT2D eigenvalue weighted by Crippen LogP contribution is 2.10. The van der Waals surface area contributed by atoms with Gasteiger partial charge in [0.15, 0.2) is 6.10 Å². The lowest BCUT2D eigenvalue weighted by atomic mass is 10.1. The summed E-state index contributed by atoms with van der Waals surface area (Å²) in [5.41, 5.74) is 0. The van der Waals surface area contributed by atoms with E-state index in [9.17, 15) is 14.4 Å². The fourth-order valence-electron chi connectivity index (χ4n) is 5.74. The summed E-state index contributed by atoms with van der Waals surface area (Å²) in [4.78, 5) is 37.6. The lowest BCUT2D eigenvalue weighted by Gasteiger charge is -2.18. The molecule has 0 aromatic heterocycles. The molecule has 0 N–H and O–H groups in total. The summed E-state index contributed by atoms with van der Waals surface area (Å²) in [6.07, 6.45) is 56.0. The maximum atomic E-state index is 12.7. The van der Waals surface area contributed by atoms with Crippen molar-refractivity contribution >= 4 is 17.9 Å². The lowest BCUT2D eigenvalue weighted by molar-refractivity contribution is -0.166. The van der Waals surface area contributed by atoms with Crippen molar-refractivity contribution in [3.05, 3.63) is 85.1 Å². The Bertz CT molecular complexity index is 1120. The Morgan fingerprint density at radius 2 is 0.732 bits per heavy atom. The number of carbonyl (C=O) groups is 3. The van der Waals surface area contributed by atoms with E-state index in [2.05, 4.69) is 93.7 Å². The zero-order valence-corrected chi connectivity index (χ0v) is 36.1. The maximum Gasteiger partial charge on any atom is 0.306 e. The van der Waals surface area contributed by atoms with Gasteiger partial charge in [0.05, 0.1) is 0 Å². The maximum absolute atomic E-state index is 12.7. The van der Waals surface area contributed by atoms with E-state index in [1.54, 1.807) is 0 Å². The molecule has 0 rings (SSSR count). The van der Waals surface area contributed by atoms with Gasteiger partial charge in [0.25, 0.3) is 0 Å². The number of ether oxygens (including phenoxy) is 3. The summed E-state index contributed by atoms with van der Waals surface area (Å²) in [7, 11) is 0. The van der Waals surface area contributed by atoms with Crippen LogP contribution in [0.2, 0.25) is 0 Å². The molecule has 0 fully saturated rings. The van der Waals surface area contributed by atoms with E-state index in [-0.39, 0.29) is 44.4 Å². The van der Waals surface area contributed by atoms with Crippen LogP contribution in [0.1, 0.15) is 194 Å². The molecule has 1 unspecified atom stereocenters. The van der Waals surface area contributed by atoms with Gasteiger partial charge in [-0.25, -0.2) is 0 Å². The third kappa shape index (κ3) is 41.7. The van der Waals surface area contributed by atoms with Gasteiger partial charge in [-0.2, -0.15) is 0 Å². The highest BCUT2D eigenvalue weighted by Gasteiger charge is 2.19. The van der Waals surface area contributed by atoms with Gasteiger partial charge < -0.3 is 14.2 Å². The van der Waals surface area contributed by atoms with Crippen molar-refractivity contribution < 1.29 is 28.6 Å². The van der Waals surface area contributed by atoms with Crippen molar-refractivity contribution in [1.82, 2.24) is 0 Å². The molecule has 0 spiro atoms. The average Bonchev–Trinajstić information content (AvgIpc) is 3.19. The number of rotatable bonds is 39. The van der Waals surface area contributed by atoms with Crippen LogP contribution in [0.25, 0.3) is 0 Å². The lowest BCUT2D eigenvalue weighted by Crippen LogP contribution is -2.30. The van der Waals surface area contributed by atoms with Crippen LogP contribution in [-0.4, -0.2) is 37.2 Å². The molecule has 0 aliphatic carbocycles. The first-order valence-corrected chi connectivity index (χ1v) is 22.6. The van der Waals surface area contributed by atoms with Crippen LogP contribution in [0.3, 0.4) is 0 Å².